The smallest absolute Gasteiger partial charge is 0.238 e. The van der Waals surface area contributed by atoms with Crippen molar-refractivity contribution >= 4 is 65.2 Å². The van der Waals surface area contributed by atoms with Crippen molar-refractivity contribution in [2.45, 2.75) is 0 Å². The number of hydrogen-bond acceptors (Lipinski definition) is 5. The molecule has 0 amide bonds. The molecule has 0 radical (unpaired) electrons. The summed E-state index contributed by atoms with van der Waals surface area (Å²) in [6.07, 6.45) is 0. The van der Waals surface area contributed by atoms with E-state index in [2.05, 4.69) is 234 Å². The maximum atomic E-state index is 5.45. The van der Waals surface area contributed by atoms with Crippen molar-refractivity contribution in [3.63, 3.8) is 0 Å². The Morgan fingerprint density at radius 1 is 0.310 bits per heavy atom. The van der Waals surface area contributed by atoms with Gasteiger partial charge in [-0.2, -0.15) is 9.97 Å². The van der Waals surface area contributed by atoms with Crippen molar-refractivity contribution in [2.24, 2.45) is 0 Å². The van der Waals surface area contributed by atoms with Crippen LogP contribution in [0, 0.1) is 0 Å². The highest BCUT2D eigenvalue weighted by Gasteiger charge is 2.24. The second kappa shape index (κ2) is 16.7. The molecular weight excluding hydrogens is 885 g/mol. The second-order valence-corrected chi connectivity index (χ2v) is 18.8. The molecule has 0 N–H and O–H groups in total. The Kier molecular flexibility index (Phi) is 9.60. The molecule has 10 aromatic carbocycles. The Balaban J connectivity index is 0.991. The maximum Gasteiger partial charge on any atom is 0.238 e. The van der Waals surface area contributed by atoms with E-state index in [1.165, 1.54) is 15.6 Å². The van der Waals surface area contributed by atoms with Crippen LogP contribution in [-0.2, 0) is 0 Å². The molecule has 0 fully saturated rings. The first kappa shape index (κ1) is 40.7. The van der Waals surface area contributed by atoms with E-state index >= 15 is 0 Å². The topological polar surface area (TPSA) is 61.4 Å². The van der Waals surface area contributed by atoms with Crippen LogP contribution < -0.4 is 0 Å². The number of nitrogens with zero attached hydrogens (tertiary/aromatic N) is 6. The first-order valence-corrected chi connectivity index (χ1v) is 24.6. The number of aromatic nitrogens is 6. The van der Waals surface area contributed by atoms with Crippen LogP contribution in [0.1, 0.15) is 0 Å². The highest BCUT2D eigenvalue weighted by molar-refractivity contribution is 7.22. The van der Waals surface area contributed by atoms with Gasteiger partial charge in [0.25, 0.3) is 0 Å². The molecule has 0 aliphatic rings. The molecule has 0 aliphatic carbocycles. The minimum Gasteiger partial charge on any atom is -0.307 e. The van der Waals surface area contributed by atoms with Gasteiger partial charge in [0.1, 0.15) is 5.01 Å². The van der Waals surface area contributed by atoms with Crippen LogP contribution in [0.5, 0.6) is 0 Å². The first-order valence-electron chi connectivity index (χ1n) is 23.8. The molecule has 14 rings (SSSR count). The number of thiazole rings is 1. The van der Waals surface area contributed by atoms with E-state index in [0.29, 0.717) is 17.6 Å². The zero-order chi connectivity index (χ0) is 46.8. The summed E-state index contributed by atoms with van der Waals surface area (Å²) < 4.78 is 5.86. The lowest BCUT2D eigenvalue weighted by Crippen LogP contribution is -2.07. The summed E-state index contributed by atoms with van der Waals surface area (Å²) in [5.41, 5.74) is 16.0. The summed E-state index contributed by atoms with van der Waals surface area (Å²) in [5, 5.41) is 5.56. The largest absolute Gasteiger partial charge is 0.307 e. The fourth-order valence-electron chi connectivity index (χ4n) is 10.3. The summed E-state index contributed by atoms with van der Waals surface area (Å²) in [7, 11) is 0. The third-order valence-electron chi connectivity index (χ3n) is 13.6. The Morgan fingerprint density at radius 2 is 0.803 bits per heavy atom. The van der Waals surface area contributed by atoms with Gasteiger partial charge in [-0.25, -0.2) is 9.97 Å². The number of benzene rings is 10. The van der Waals surface area contributed by atoms with Gasteiger partial charge >= 0.3 is 0 Å². The third-order valence-corrected chi connectivity index (χ3v) is 14.8. The molecule has 14 aromatic rings. The van der Waals surface area contributed by atoms with Gasteiger partial charge < -0.3 is 4.57 Å². The van der Waals surface area contributed by atoms with Crippen LogP contribution in [0.3, 0.4) is 0 Å². The minimum atomic E-state index is 0.542. The van der Waals surface area contributed by atoms with Crippen molar-refractivity contribution in [3.8, 4) is 78.4 Å². The normalized spacial score (nSPS) is 11.7. The van der Waals surface area contributed by atoms with Gasteiger partial charge in [-0.1, -0.05) is 206 Å². The predicted molar refractivity (Wildman–Crippen MR) is 294 cm³/mol. The van der Waals surface area contributed by atoms with Crippen molar-refractivity contribution in [3.05, 3.63) is 243 Å². The first-order chi connectivity index (χ1) is 35.2. The van der Waals surface area contributed by atoms with Crippen LogP contribution >= 0.6 is 11.3 Å². The number of rotatable bonds is 8. The SMILES string of the molecule is c1ccc(-c2ccc(-c3nc(-c4cccc(-c5ccccc5)c4)nc(-n4c5ccccc5c5ccc6c7ccccc7n(-c7ccc(-c8cccc9nc(-c%10ccccc%10)sc89)cc7)c6c54)n3)cc2)cc1. The number of fused-ring (bicyclic) bond motifs is 8. The molecular formula is C64H40N6S. The van der Waals surface area contributed by atoms with Crippen molar-refractivity contribution in [2.75, 3.05) is 0 Å². The zero-order valence-corrected chi connectivity index (χ0v) is 39.0. The lowest BCUT2D eigenvalue weighted by atomic mass is 10.0. The standard InChI is InChI=1S/C64H40N6S/c1-4-16-41(17-5-1)43-30-32-45(33-31-43)61-66-62(48-23-14-22-47(40-48)42-18-6-2-7-19-42)68-64(67-61)70-57-29-13-11-25-52(57)54-39-38-53-51-24-10-12-28-56(51)69(58(53)59(54)70)49-36-34-44(35-37-49)50-26-15-27-55-60(50)71-63(65-55)46-20-8-3-9-21-46/h1-40H. The van der Waals surface area contributed by atoms with Crippen LogP contribution in [0.2, 0.25) is 0 Å². The summed E-state index contributed by atoms with van der Waals surface area (Å²) in [4.78, 5) is 21.2. The molecule has 4 aromatic heterocycles. The second-order valence-electron chi connectivity index (χ2n) is 17.8. The molecule has 0 unspecified atom stereocenters. The van der Waals surface area contributed by atoms with E-state index in [9.17, 15) is 0 Å². The van der Waals surface area contributed by atoms with E-state index in [1.807, 2.05) is 18.2 Å². The Bertz CT molecular complexity index is 4310. The lowest BCUT2D eigenvalue weighted by Gasteiger charge is -2.14. The van der Waals surface area contributed by atoms with E-state index < -0.39 is 0 Å². The molecule has 7 heteroatoms. The quantitative estimate of drug-likeness (QED) is 0.152. The molecule has 332 valence electrons. The van der Waals surface area contributed by atoms with Crippen molar-refractivity contribution in [1.29, 1.82) is 0 Å². The van der Waals surface area contributed by atoms with E-state index in [-0.39, 0.29) is 0 Å². The van der Waals surface area contributed by atoms with Gasteiger partial charge in [-0.05, 0) is 64.2 Å². The van der Waals surface area contributed by atoms with Crippen molar-refractivity contribution < 1.29 is 0 Å². The van der Waals surface area contributed by atoms with Crippen LogP contribution in [0.15, 0.2) is 243 Å². The van der Waals surface area contributed by atoms with E-state index in [4.69, 9.17) is 19.9 Å². The molecule has 0 atom stereocenters. The zero-order valence-electron chi connectivity index (χ0n) is 38.2. The van der Waals surface area contributed by atoms with Crippen LogP contribution in [0.4, 0.5) is 0 Å². The molecule has 0 spiro atoms. The fraction of sp³-hybridized carbons (Fsp3) is 0. The molecule has 4 heterocycles. The molecule has 0 saturated carbocycles. The average molecular weight is 925 g/mol. The predicted octanol–water partition coefficient (Wildman–Crippen LogP) is 16.7. The van der Waals surface area contributed by atoms with Crippen LogP contribution in [-0.4, -0.2) is 29.1 Å². The van der Waals surface area contributed by atoms with Gasteiger partial charge in [-0.3, -0.25) is 4.57 Å². The van der Waals surface area contributed by atoms with Gasteiger partial charge in [0.2, 0.25) is 5.95 Å². The number of hydrogen-bond donors (Lipinski definition) is 0. The Hall–Kier alpha value is -9.30. The van der Waals surface area contributed by atoms with Crippen molar-refractivity contribution in [1.82, 2.24) is 29.1 Å². The van der Waals surface area contributed by atoms with E-state index in [1.54, 1.807) is 11.3 Å². The average Bonchev–Trinajstić information content (AvgIpc) is 4.15. The van der Waals surface area contributed by atoms with Gasteiger partial charge in [0, 0.05) is 49.5 Å². The minimum absolute atomic E-state index is 0.542. The highest BCUT2D eigenvalue weighted by atomic mass is 32.1. The van der Waals surface area contributed by atoms with Gasteiger partial charge in [-0.15, -0.1) is 11.3 Å². The highest BCUT2D eigenvalue weighted by Crippen LogP contribution is 2.43. The van der Waals surface area contributed by atoms with E-state index in [0.717, 1.165) is 98.9 Å². The molecule has 0 aliphatic heterocycles. The maximum absolute atomic E-state index is 5.45. The Labute approximate surface area is 413 Å². The molecule has 0 saturated heterocycles. The van der Waals surface area contributed by atoms with Gasteiger partial charge in [0.05, 0.1) is 32.3 Å². The summed E-state index contributed by atoms with van der Waals surface area (Å²) >= 11 is 1.74. The molecule has 71 heavy (non-hydrogen) atoms. The summed E-state index contributed by atoms with van der Waals surface area (Å²) in [5.74, 6) is 1.73. The summed E-state index contributed by atoms with van der Waals surface area (Å²) in [6, 6.07) is 85.7. The third kappa shape index (κ3) is 6.93. The summed E-state index contributed by atoms with van der Waals surface area (Å²) in [6.45, 7) is 0. The number of para-hydroxylation sites is 2. The fourth-order valence-corrected chi connectivity index (χ4v) is 11.4. The molecule has 0 bridgehead atoms. The monoisotopic (exact) mass is 924 g/mol. The molecule has 6 nitrogen and oxygen atoms in total. The lowest BCUT2D eigenvalue weighted by molar-refractivity contribution is 0.953. The van der Waals surface area contributed by atoms with Crippen LogP contribution in [0.25, 0.3) is 132 Å². The Morgan fingerprint density at radius 3 is 1.48 bits per heavy atom. The van der Waals surface area contributed by atoms with Gasteiger partial charge in [0.15, 0.2) is 11.6 Å².